The molecule has 0 unspecified atom stereocenters. The molecule has 0 saturated heterocycles. The zero-order chi connectivity index (χ0) is 19.4. The van der Waals surface area contributed by atoms with Gasteiger partial charge in [0.15, 0.2) is 0 Å². The van der Waals surface area contributed by atoms with Crippen LogP contribution < -0.4 is 15.9 Å². The summed E-state index contributed by atoms with van der Waals surface area (Å²) in [5.74, 6) is -0.222. The smallest absolute Gasteiger partial charge is 0.123 e. The predicted molar refractivity (Wildman–Crippen MR) is 123 cm³/mol. The number of hydrogen-bond donors (Lipinski definition) is 1. The van der Waals surface area contributed by atoms with E-state index in [1.165, 1.54) is 22.0 Å². The van der Waals surface area contributed by atoms with Gasteiger partial charge in [-0.2, -0.15) is 0 Å². The van der Waals surface area contributed by atoms with Gasteiger partial charge >= 0.3 is 0 Å². The molecule has 4 aromatic rings. The maximum absolute atomic E-state index is 14.1. The molecule has 0 aliphatic rings. The summed E-state index contributed by atoms with van der Waals surface area (Å²) in [5.41, 5.74) is 0.938. The Hall–Kier alpha value is -2.41. The van der Waals surface area contributed by atoms with E-state index in [1.54, 1.807) is 12.1 Å². The summed E-state index contributed by atoms with van der Waals surface area (Å²) in [5, 5.41) is 3.85. The van der Waals surface area contributed by atoms with Crippen molar-refractivity contribution >= 4 is 35.8 Å². The van der Waals surface area contributed by atoms with Crippen LogP contribution in [0.25, 0.3) is 0 Å². The molecule has 0 aliphatic carbocycles. The van der Waals surface area contributed by atoms with Gasteiger partial charge < -0.3 is 0 Å². The number of halogens is 1. The minimum Gasteiger partial charge on any atom is -0.207 e. The fourth-order valence-corrected chi connectivity index (χ4v) is 8.31. The van der Waals surface area contributed by atoms with Crippen LogP contribution in [-0.4, -0.2) is 0 Å². The maximum Gasteiger partial charge on any atom is 0.123 e. The average molecular weight is 403 g/mol. The van der Waals surface area contributed by atoms with Crippen molar-refractivity contribution in [2.45, 2.75) is 11.1 Å². The Kier molecular flexibility index (Phi) is 5.62. The van der Waals surface area contributed by atoms with E-state index in [1.807, 2.05) is 18.2 Å². The maximum atomic E-state index is 14.1. The van der Waals surface area contributed by atoms with E-state index in [0.717, 1.165) is 16.6 Å². The van der Waals surface area contributed by atoms with Gasteiger partial charge in [0.2, 0.25) is 0 Å². The van der Waals surface area contributed by atoms with Crippen LogP contribution in [0.4, 0.5) is 4.39 Å². The SMILES string of the molecule is Fc1ccc(S)c(C[P+](c2ccccc2)(c2ccccc2)c2ccccc2)c1. The summed E-state index contributed by atoms with van der Waals surface area (Å²) >= 11 is 4.65. The molecule has 0 heterocycles. The molecule has 138 valence electrons. The molecule has 0 atom stereocenters. The highest BCUT2D eigenvalue weighted by Gasteiger charge is 2.45. The fourth-order valence-electron chi connectivity index (χ4n) is 3.70. The van der Waals surface area contributed by atoms with Crippen LogP contribution >= 0.6 is 19.9 Å². The minimum absolute atomic E-state index is 0.222. The van der Waals surface area contributed by atoms with Crippen molar-refractivity contribution in [2.75, 3.05) is 0 Å². The van der Waals surface area contributed by atoms with E-state index in [4.69, 9.17) is 0 Å². The van der Waals surface area contributed by atoms with Crippen molar-refractivity contribution in [3.8, 4) is 0 Å². The van der Waals surface area contributed by atoms with Crippen LogP contribution in [0.2, 0.25) is 0 Å². The first-order valence-corrected chi connectivity index (χ1v) is 11.6. The quantitative estimate of drug-likeness (QED) is 0.325. The van der Waals surface area contributed by atoms with Crippen LogP contribution in [0, 0.1) is 5.82 Å². The monoisotopic (exact) mass is 403 g/mol. The van der Waals surface area contributed by atoms with Gasteiger partial charge in [0, 0.05) is 10.5 Å². The highest BCUT2D eigenvalue weighted by Crippen LogP contribution is 2.58. The lowest BCUT2D eigenvalue weighted by Crippen LogP contribution is -2.32. The topological polar surface area (TPSA) is 0 Å². The molecule has 0 saturated carbocycles. The van der Waals surface area contributed by atoms with Gasteiger partial charge in [-0.3, -0.25) is 0 Å². The van der Waals surface area contributed by atoms with E-state index in [0.29, 0.717) is 0 Å². The summed E-state index contributed by atoms with van der Waals surface area (Å²) in [4.78, 5) is 0.827. The molecule has 0 amide bonds. The molecule has 0 spiro atoms. The molecule has 0 fully saturated rings. The standard InChI is InChI=1S/C25H20FPS/c26-21-16-17-25(28)20(18-21)19-27(22-10-4-1-5-11-22,23-12-6-2-7-13-23)24-14-8-3-9-15-24/h1-18H,19H2/p+1. The lowest BCUT2D eigenvalue weighted by atomic mass is 10.2. The van der Waals surface area contributed by atoms with Gasteiger partial charge in [-0.15, -0.1) is 12.6 Å². The van der Waals surface area contributed by atoms with Gasteiger partial charge in [0.25, 0.3) is 0 Å². The van der Waals surface area contributed by atoms with Crippen LogP contribution in [0.15, 0.2) is 114 Å². The normalized spacial score (nSPS) is 11.4. The van der Waals surface area contributed by atoms with Gasteiger partial charge in [0.05, 0.1) is 6.16 Å². The third-order valence-corrected chi connectivity index (χ3v) is 9.83. The number of rotatable bonds is 5. The summed E-state index contributed by atoms with van der Waals surface area (Å²) < 4.78 is 14.1. The van der Waals surface area contributed by atoms with E-state index < -0.39 is 7.26 Å². The molecule has 0 radical (unpaired) electrons. The van der Waals surface area contributed by atoms with Gasteiger partial charge in [-0.1, -0.05) is 54.6 Å². The summed E-state index contributed by atoms with van der Waals surface area (Å²) in [6, 6.07) is 36.7. The van der Waals surface area contributed by atoms with E-state index in [2.05, 4.69) is 85.4 Å². The molecule has 0 aromatic heterocycles. The molecule has 0 nitrogen and oxygen atoms in total. The van der Waals surface area contributed by atoms with Crippen molar-refractivity contribution in [2.24, 2.45) is 0 Å². The average Bonchev–Trinajstić information content (AvgIpc) is 2.76. The Morgan fingerprint density at radius 1 is 0.607 bits per heavy atom. The first-order chi connectivity index (χ1) is 13.7. The fraction of sp³-hybridized carbons (Fsp3) is 0.0400. The summed E-state index contributed by atoms with van der Waals surface area (Å²) in [7, 11) is -2.04. The largest absolute Gasteiger partial charge is 0.207 e. The van der Waals surface area contributed by atoms with Crippen molar-refractivity contribution < 1.29 is 4.39 Å². The Balaban J connectivity index is 2.02. The minimum atomic E-state index is -2.04. The third-order valence-electron chi connectivity index (χ3n) is 5.04. The molecule has 0 aliphatic heterocycles. The van der Waals surface area contributed by atoms with E-state index in [9.17, 15) is 4.39 Å². The second-order valence-corrected chi connectivity index (χ2v) is 10.7. The second-order valence-electron chi connectivity index (χ2n) is 6.75. The first kappa shape index (κ1) is 18.9. The van der Waals surface area contributed by atoms with E-state index in [-0.39, 0.29) is 5.82 Å². The van der Waals surface area contributed by atoms with Crippen LogP contribution in [0.1, 0.15) is 5.56 Å². The van der Waals surface area contributed by atoms with Crippen molar-refractivity contribution in [3.05, 3.63) is 121 Å². The molecule has 28 heavy (non-hydrogen) atoms. The van der Waals surface area contributed by atoms with Gasteiger partial charge in [0.1, 0.15) is 29.0 Å². The highest BCUT2D eigenvalue weighted by molar-refractivity contribution is 7.95. The molecular formula is C25H21FPS+. The third kappa shape index (κ3) is 3.63. The van der Waals surface area contributed by atoms with Crippen LogP contribution in [0.5, 0.6) is 0 Å². The van der Waals surface area contributed by atoms with Crippen LogP contribution in [-0.2, 0) is 6.16 Å². The number of hydrogen-bond acceptors (Lipinski definition) is 1. The highest BCUT2D eigenvalue weighted by atomic mass is 32.1. The zero-order valence-electron chi connectivity index (χ0n) is 15.4. The van der Waals surface area contributed by atoms with Crippen LogP contribution in [0.3, 0.4) is 0 Å². The Bertz CT molecular complexity index is 953. The Morgan fingerprint density at radius 3 is 1.46 bits per heavy atom. The molecule has 4 aromatic carbocycles. The van der Waals surface area contributed by atoms with Gasteiger partial charge in [-0.25, -0.2) is 4.39 Å². The van der Waals surface area contributed by atoms with E-state index >= 15 is 0 Å². The number of thiol groups is 1. The molecule has 0 N–H and O–H groups in total. The summed E-state index contributed by atoms with van der Waals surface area (Å²) in [6.45, 7) is 0. The summed E-state index contributed by atoms with van der Waals surface area (Å²) in [6.07, 6.45) is 0.724. The van der Waals surface area contributed by atoms with Crippen molar-refractivity contribution in [1.29, 1.82) is 0 Å². The Labute approximate surface area is 171 Å². The van der Waals surface area contributed by atoms with Crippen molar-refractivity contribution in [3.63, 3.8) is 0 Å². The lowest BCUT2D eigenvalue weighted by Gasteiger charge is -2.28. The first-order valence-electron chi connectivity index (χ1n) is 9.22. The second kappa shape index (κ2) is 8.31. The lowest BCUT2D eigenvalue weighted by molar-refractivity contribution is 0.625. The molecule has 0 bridgehead atoms. The van der Waals surface area contributed by atoms with Crippen molar-refractivity contribution in [1.82, 2.24) is 0 Å². The molecule has 3 heteroatoms. The predicted octanol–water partition coefficient (Wildman–Crippen LogP) is 5.61. The Morgan fingerprint density at radius 2 is 1.04 bits per heavy atom. The zero-order valence-corrected chi connectivity index (χ0v) is 17.2. The molecular weight excluding hydrogens is 382 g/mol. The number of benzene rings is 4. The molecule has 4 rings (SSSR count). The van der Waals surface area contributed by atoms with Gasteiger partial charge in [-0.05, 0) is 54.6 Å².